The lowest BCUT2D eigenvalue weighted by Gasteiger charge is -2.19. The van der Waals surface area contributed by atoms with Crippen molar-refractivity contribution < 1.29 is 18.0 Å². The summed E-state index contributed by atoms with van der Waals surface area (Å²) >= 11 is 0. The highest BCUT2D eigenvalue weighted by molar-refractivity contribution is 5.81. The van der Waals surface area contributed by atoms with Gasteiger partial charge in [0, 0.05) is 19.2 Å². The van der Waals surface area contributed by atoms with Crippen molar-refractivity contribution in [3.05, 3.63) is 11.9 Å². The van der Waals surface area contributed by atoms with E-state index in [0.717, 1.165) is 12.8 Å². The zero-order valence-electron chi connectivity index (χ0n) is 11.2. The Balaban J connectivity index is 2.14. The first-order valence-electron chi connectivity index (χ1n) is 6.23. The maximum atomic E-state index is 12.7. The Kier molecular flexibility index (Phi) is 4.16. The van der Waals surface area contributed by atoms with Gasteiger partial charge in [0.15, 0.2) is 0 Å². The first-order chi connectivity index (χ1) is 9.79. The van der Waals surface area contributed by atoms with Crippen molar-refractivity contribution in [1.82, 2.24) is 15.3 Å². The van der Waals surface area contributed by atoms with Crippen molar-refractivity contribution in [2.75, 3.05) is 23.9 Å². The maximum absolute atomic E-state index is 12.7. The van der Waals surface area contributed by atoms with Gasteiger partial charge in [-0.1, -0.05) is 0 Å². The predicted octanol–water partition coefficient (Wildman–Crippen LogP) is 0.496. The van der Waals surface area contributed by atoms with E-state index in [4.69, 9.17) is 5.84 Å². The van der Waals surface area contributed by atoms with E-state index in [1.54, 1.807) is 0 Å². The normalized spacial score (nSPS) is 14.7. The summed E-state index contributed by atoms with van der Waals surface area (Å²) in [5.74, 6) is 3.29. The number of rotatable bonds is 5. The Labute approximate surface area is 118 Å². The molecule has 7 nitrogen and oxygen atoms in total. The number of hydrogen-bond acceptors (Lipinski definition) is 6. The molecule has 1 aromatic rings. The fourth-order valence-electron chi connectivity index (χ4n) is 1.63. The summed E-state index contributed by atoms with van der Waals surface area (Å²) in [6.45, 7) is -0.102. The standard InChI is InChI=1S/C11H15F3N6O/c1-20(5-9(21)16-6-2-3-6)8-4-7(19-15)17-10(18-8)11(12,13)14/h4,6H,2-3,5,15H2,1H3,(H,16,21)(H,17,18,19). The molecule has 1 fully saturated rings. The number of aromatic nitrogens is 2. The molecule has 1 aliphatic rings. The second kappa shape index (κ2) is 5.72. The van der Waals surface area contributed by atoms with Crippen LogP contribution in [0.1, 0.15) is 18.7 Å². The van der Waals surface area contributed by atoms with E-state index in [-0.39, 0.29) is 30.1 Å². The van der Waals surface area contributed by atoms with E-state index in [1.165, 1.54) is 18.0 Å². The number of anilines is 2. The number of likely N-dealkylation sites (N-methyl/N-ethyl adjacent to an activating group) is 1. The van der Waals surface area contributed by atoms with E-state index < -0.39 is 12.0 Å². The Morgan fingerprint density at radius 1 is 1.48 bits per heavy atom. The van der Waals surface area contributed by atoms with Crippen LogP contribution in [-0.2, 0) is 11.0 Å². The maximum Gasteiger partial charge on any atom is 0.451 e. The molecule has 21 heavy (non-hydrogen) atoms. The number of nitrogens with two attached hydrogens (primary N) is 1. The largest absolute Gasteiger partial charge is 0.451 e. The van der Waals surface area contributed by atoms with Crippen LogP contribution < -0.4 is 21.5 Å². The lowest BCUT2D eigenvalue weighted by molar-refractivity contribution is -0.144. The average molecular weight is 304 g/mol. The molecule has 10 heteroatoms. The molecule has 1 aliphatic carbocycles. The van der Waals surface area contributed by atoms with Gasteiger partial charge in [-0.3, -0.25) is 4.79 Å². The molecule has 1 amide bonds. The van der Waals surface area contributed by atoms with Gasteiger partial charge in [-0.05, 0) is 12.8 Å². The van der Waals surface area contributed by atoms with Gasteiger partial charge in [0.2, 0.25) is 11.7 Å². The van der Waals surface area contributed by atoms with Crippen molar-refractivity contribution >= 4 is 17.5 Å². The summed E-state index contributed by atoms with van der Waals surface area (Å²) in [7, 11) is 1.47. The number of halogens is 3. The summed E-state index contributed by atoms with van der Waals surface area (Å²) in [5, 5.41) is 2.74. The molecular formula is C11H15F3N6O. The molecule has 1 saturated carbocycles. The second-order valence-electron chi connectivity index (χ2n) is 4.77. The van der Waals surface area contributed by atoms with Crippen molar-refractivity contribution in [3.8, 4) is 0 Å². The number of amides is 1. The van der Waals surface area contributed by atoms with Crippen molar-refractivity contribution in [2.24, 2.45) is 5.84 Å². The third-order valence-corrected chi connectivity index (χ3v) is 2.83. The summed E-state index contributed by atoms with van der Waals surface area (Å²) in [5.41, 5.74) is 2.05. The second-order valence-corrected chi connectivity index (χ2v) is 4.77. The van der Waals surface area contributed by atoms with Crippen LogP contribution in [0.3, 0.4) is 0 Å². The molecular weight excluding hydrogens is 289 g/mol. The molecule has 0 aromatic carbocycles. The minimum Gasteiger partial charge on any atom is -0.352 e. The highest BCUT2D eigenvalue weighted by atomic mass is 19.4. The zero-order valence-corrected chi connectivity index (χ0v) is 11.2. The SMILES string of the molecule is CN(CC(=O)NC1CC1)c1cc(NN)nc(C(F)(F)F)n1. The van der Waals surface area contributed by atoms with E-state index >= 15 is 0 Å². The number of nitrogens with one attached hydrogen (secondary N) is 2. The lowest BCUT2D eigenvalue weighted by Crippen LogP contribution is -2.36. The van der Waals surface area contributed by atoms with Crippen LogP contribution >= 0.6 is 0 Å². The number of hydrazine groups is 1. The van der Waals surface area contributed by atoms with Crippen molar-refractivity contribution in [2.45, 2.75) is 25.1 Å². The number of hydrogen-bond donors (Lipinski definition) is 3. The summed E-state index contributed by atoms with van der Waals surface area (Å²) in [6, 6.07) is 1.42. The summed E-state index contributed by atoms with van der Waals surface area (Å²) in [4.78, 5) is 19.6. The molecule has 0 saturated heterocycles. The highest BCUT2D eigenvalue weighted by Crippen LogP contribution is 2.28. The van der Waals surface area contributed by atoms with Crippen LogP contribution in [0.5, 0.6) is 0 Å². The van der Waals surface area contributed by atoms with Crippen LogP contribution in [0, 0.1) is 0 Å². The molecule has 0 bridgehead atoms. The first-order valence-corrected chi connectivity index (χ1v) is 6.23. The fourth-order valence-corrected chi connectivity index (χ4v) is 1.63. The van der Waals surface area contributed by atoms with Crippen LogP contribution in [0.2, 0.25) is 0 Å². The molecule has 1 aromatic heterocycles. The minimum atomic E-state index is -4.70. The van der Waals surface area contributed by atoms with Gasteiger partial charge in [-0.15, -0.1) is 0 Å². The third kappa shape index (κ3) is 4.18. The van der Waals surface area contributed by atoms with Gasteiger partial charge < -0.3 is 15.6 Å². The highest BCUT2D eigenvalue weighted by Gasteiger charge is 2.36. The number of nitrogen functional groups attached to an aromatic ring is 1. The predicted molar refractivity (Wildman–Crippen MR) is 69.3 cm³/mol. The van der Waals surface area contributed by atoms with Crippen LogP contribution in [0.4, 0.5) is 24.8 Å². The first kappa shape index (κ1) is 15.3. The van der Waals surface area contributed by atoms with E-state index in [2.05, 4.69) is 20.7 Å². The Hall–Kier alpha value is -2.10. The Morgan fingerprint density at radius 2 is 2.14 bits per heavy atom. The molecule has 1 heterocycles. The molecule has 2 rings (SSSR count). The van der Waals surface area contributed by atoms with E-state index in [1.807, 2.05) is 0 Å². The minimum absolute atomic E-state index is 0.0452. The third-order valence-electron chi connectivity index (χ3n) is 2.83. The van der Waals surface area contributed by atoms with Gasteiger partial charge in [0.05, 0.1) is 6.54 Å². The summed E-state index contributed by atoms with van der Waals surface area (Å²) < 4.78 is 38.1. The van der Waals surface area contributed by atoms with Gasteiger partial charge in [-0.25, -0.2) is 15.8 Å². The quantitative estimate of drug-likeness (QED) is 0.541. The molecule has 4 N–H and O–H groups in total. The number of carbonyl (C=O) groups is 1. The van der Waals surface area contributed by atoms with Crippen LogP contribution in [-0.4, -0.2) is 35.5 Å². The fraction of sp³-hybridized carbons (Fsp3) is 0.545. The lowest BCUT2D eigenvalue weighted by atomic mass is 10.4. The Bertz CT molecular complexity index is 531. The molecule has 0 atom stereocenters. The smallest absolute Gasteiger partial charge is 0.352 e. The van der Waals surface area contributed by atoms with Crippen LogP contribution in [0.15, 0.2) is 6.07 Å². The van der Waals surface area contributed by atoms with Gasteiger partial charge >= 0.3 is 6.18 Å². The molecule has 0 spiro atoms. The van der Waals surface area contributed by atoms with Gasteiger partial charge in [-0.2, -0.15) is 13.2 Å². The van der Waals surface area contributed by atoms with Crippen molar-refractivity contribution in [3.63, 3.8) is 0 Å². The summed E-state index contributed by atoms with van der Waals surface area (Å²) in [6.07, 6.45) is -2.83. The topological polar surface area (TPSA) is 96.2 Å². The van der Waals surface area contributed by atoms with E-state index in [9.17, 15) is 18.0 Å². The average Bonchev–Trinajstić information content (AvgIpc) is 3.20. The number of carbonyl (C=O) groups excluding carboxylic acids is 1. The molecule has 0 aliphatic heterocycles. The Morgan fingerprint density at radius 3 is 2.67 bits per heavy atom. The zero-order chi connectivity index (χ0) is 15.6. The van der Waals surface area contributed by atoms with Crippen molar-refractivity contribution in [1.29, 1.82) is 0 Å². The molecule has 0 unspecified atom stereocenters. The number of alkyl halides is 3. The van der Waals surface area contributed by atoms with Gasteiger partial charge in [0.1, 0.15) is 11.6 Å². The molecule has 116 valence electrons. The monoisotopic (exact) mass is 304 g/mol. The van der Waals surface area contributed by atoms with Crippen LogP contribution in [0.25, 0.3) is 0 Å². The number of nitrogens with zero attached hydrogens (tertiary/aromatic N) is 3. The molecule has 0 radical (unpaired) electrons. The van der Waals surface area contributed by atoms with E-state index in [0.29, 0.717) is 0 Å². The van der Waals surface area contributed by atoms with Gasteiger partial charge in [0.25, 0.3) is 0 Å².